The second-order valence-electron chi connectivity index (χ2n) is 6.30. The molecule has 0 unspecified atom stereocenters. The van der Waals surface area contributed by atoms with E-state index in [1.165, 1.54) is 42.5 Å². The molecule has 0 saturated heterocycles. The van der Waals surface area contributed by atoms with E-state index in [0.29, 0.717) is 21.1 Å². The summed E-state index contributed by atoms with van der Waals surface area (Å²) in [7, 11) is 2.92. The van der Waals surface area contributed by atoms with E-state index >= 15 is 0 Å². The van der Waals surface area contributed by atoms with E-state index in [-0.39, 0.29) is 18.3 Å². The summed E-state index contributed by atoms with van der Waals surface area (Å²) in [5.41, 5.74) is 1.37. The molecule has 0 radical (unpaired) electrons. The number of ether oxygens (including phenoxy) is 1. The van der Waals surface area contributed by atoms with Gasteiger partial charge in [0.1, 0.15) is 15.5 Å². The predicted molar refractivity (Wildman–Crippen MR) is 106 cm³/mol. The Morgan fingerprint density at radius 3 is 2.62 bits per heavy atom. The van der Waals surface area contributed by atoms with E-state index in [1.54, 1.807) is 29.8 Å². The summed E-state index contributed by atoms with van der Waals surface area (Å²) in [6.07, 6.45) is 0. The summed E-state index contributed by atoms with van der Waals surface area (Å²) in [4.78, 5) is 37.9. The number of benzene rings is 1. The first-order valence-electron chi connectivity index (χ1n) is 8.67. The number of hydrogen-bond acceptors (Lipinski definition) is 6. The normalized spacial score (nSPS) is 10.8. The maximum absolute atomic E-state index is 13.2. The molecular weight excluding hydrogens is 399 g/mol. The number of esters is 1. The smallest absolute Gasteiger partial charge is 0.348 e. The molecule has 0 atom stereocenters. The summed E-state index contributed by atoms with van der Waals surface area (Å²) in [6, 6.07) is 7.52. The summed E-state index contributed by atoms with van der Waals surface area (Å²) in [5.74, 6) is -1.80. The molecular formula is C19H19FN4O4S. The molecule has 3 rings (SSSR count). The number of carbonyl (C=O) groups is 3. The maximum Gasteiger partial charge on any atom is 0.348 e. The molecule has 0 aliphatic heterocycles. The highest BCUT2D eigenvalue weighted by atomic mass is 32.1. The molecule has 0 fully saturated rings. The molecule has 152 valence electrons. The SMILES string of the molecule is CNC(=O)CN(C)C(=O)COC(=O)c1cc2c(C)nn(-c3ccc(F)cc3)c2s1. The van der Waals surface area contributed by atoms with Gasteiger partial charge < -0.3 is 15.0 Å². The lowest BCUT2D eigenvalue weighted by Crippen LogP contribution is -2.39. The van der Waals surface area contributed by atoms with E-state index in [2.05, 4.69) is 10.4 Å². The van der Waals surface area contributed by atoms with Crippen molar-refractivity contribution in [1.82, 2.24) is 20.0 Å². The van der Waals surface area contributed by atoms with Gasteiger partial charge >= 0.3 is 5.97 Å². The Hall–Kier alpha value is -3.27. The van der Waals surface area contributed by atoms with Crippen molar-refractivity contribution in [2.75, 3.05) is 27.2 Å². The van der Waals surface area contributed by atoms with Gasteiger partial charge in [-0.25, -0.2) is 13.9 Å². The molecule has 0 bridgehead atoms. The van der Waals surface area contributed by atoms with Crippen LogP contribution in [0, 0.1) is 12.7 Å². The van der Waals surface area contributed by atoms with Crippen LogP contribution >= 0.6 is 11.3 Å². The van der Waals surface area contributed by atoms with Crippen molar-refractivity contribution < 1.29 is 23.5 Å². The van der Waals surface area contributed by atoms with Gasteiger partial charge in [-0.3, -0.25) is 9.59 Å². The Morgan fingerprint density at radius 1 is 1.28 bits per heavy atom. The van der Waals surface area contributed by atoms with Gasteiger partial charge in [-0.2, -0.15) is 5.10 Å². The first-order valence-corrected chi connectivity index (χ1v) is 9.48. The Kier molecular flexibility index (Phi) is 5.92. The topological polar surface area (TPSA) is 93.5 Å². The van der Waals surface area contributed by atoms with Gasteiger partial charge in [-0.15, -0.1) is 11.3 Å². The van der Waals surface area contributed by atoms with Crippen molar-refractivity contribution in [2.24, 2.45) is 0 Å². The number of hydrogen-bond donors (Lipinski definition) is 1. The van der Waals surface area contributed by atoms with Gasteiger partial charge in [-0.1, -0.05) is 0 Å². The fourth-order valence-electron chi connectivity index (χ4n) is 2.60. The number of aryl methyl sites for hydroxylation is 1. The van der Waals surface area contributed by atoms with Gasteiger partial charge in [0.15, 0.2) is 6.61 Å². The van der Waals surface area contributed by atoms with Crippen molar-refractivity contribution in [2.45, 2.75) is 6.92 Å². The van der Waals surface area contributed by atoms with Crippen molar-refractivity contribution in [3.8, 4) is 5.69 Å². The predicted octanol–water partition coefficient (Wildman–Crippen LogP) is 1.90. The van der Waals surface area contributed by atoms with Gasteiger partial charge in [0, 0.05) is 19.5 Å². The van der Waals surface area contributed by atoms with Crippen LogP contribution in [-0.4, -0.2) is 59.7 Å². The van der Waals surface area contributed by atoms with Gasteiger partial charge in [-0.05, 0) is 37.3 Å². The van der Waals surface area contributed by atoms with Crippen LogP contribution in [-0.2, 0) is 14.3 Å². The highest BCUT2D eigenvalue weighted by Crippen LogP contribution is 2.30. The average Bonchev–Trinajstić information content (AvgIpc) is 3.27. The summed E-state index contributed by atoms with van der Waals surface area (Å²) in [6.45, 7) is 1.22. The molecule has 1 aromatic carbocycles. The van der Waals surface area contributed by atoms with Crippen molar-refractivity contribution in [1.29, 1.82) is 0 Å². The third-order valence-corrected chi connectivity index (χ3v) is 5.32. The number of amides is 2. The Labute approximate surface area is 169 Å². The van der Waals surface area contributed by atoms with E-state index in [9.17, 15) is 18.8 Å². The molecule has 8 nitrogen and oxygen atoms in total. The van der Waals surface area contributed by atoms with Crippen LogP contribution in [0.1, 0.15) is 15.4 Å². The van der Waals surface area contributed by atoms with Crippen LogP contribution in [0.3, 0.4) is 0 Å². The van der Waals surface area contributed by atoms with E-state index in [1.807, 2.05) is 0 Å². The molecule has 29 heavy (non-hydrogen) atoms. The molecule has 0 saturated carbocycles. The summed E-state index contributed by atoms with van der Waals surface area (Å²) in [5, 5.41) is 7.62. The molecule has 0 spiro atoms. The highest BCUT2D eigenvalue weighted by molar-refractivity contribution is 7.20. The molecule has 2 amide bonds. The first-order chi connectivity index (χ1) is 13.8. The molecule has 1 N–H and O–H groups in total. The monoisotopic (exact) mass is 418 g/mol. The van der Waals surface area contributed by atoms with E-state index in [0.717, 1.165) is 5.39 Å². The number of carbonyl (C=O) groups excluding carboxylic acids is 3. The third-order valence-electron chi connectivity index (χ3n) is 4.23. The lowest BCUT2D eigenvalue weighted by Gasteiger charge is -2.15. The van der Waals surface area contributed by atoms with Crippen molar-refractivity contribution in [3.63, 3.8) is 0 Å². The zero-order valence-electron chi connectivity index (χ0n) is 16.1. The summed E-state index contributed by atoms with van der Waals surface area (Å²) < 4.78 is 19.9. The average molecular weight is 418 g/mol. The van der Waals surface area contributed by atoms with Crippen LogP contribution in [0.2, 0.25) is 0 Å². The number of likely N-dealkylation sites (N-methyl/N-ethyl adjacent to an activating group) is 2. The van der Waals surface area contributed by atoms with Crippen molar-refractivity contribution in [3.05, 3.63) is 46.7 Å². The number of halogens is 1. The Morgan fingerprint density at radius 2 is 1.97 bits per heavy atom. The fourth-order valence-corrected chi connectivity index (χ4v) is 3.67. The van der Waals surface area contributed by atoms with Crippen molar-refractivity contribution >= 4 is 39.3 Å². The lowest BCUT2D eigenvalue weighted by atomic mass is 10.3. The van der Waals surface area contributed by atoms with Gasteiger partial charge in [0.05, 0.1) is 17.9 Å². The minimum atomic E-state index is -0.641. The largest absolute Gasteiger partial charge is 0.451 e. The second-order valence-corrected chi connectivity index (χ2v) is 7.33. The third kappa shape index (κ3) is 4.43. The fraction of sp³-hybridized carbons (Fsp3) is 0.263. The van der Waals surface area contributed by atoms with E-state index < -0.39 is 18.5 Å². The van der Waals surface area contributed by atoms with Crippen LogP contribution in [0.5, 0.6) is 0 Å². The summed E-state index contributed by atoms with van der Waals surface area (Å²) >= 11 is 1.17. The van der Waals surface area contributed by atoms with Crippen LogP contribution in [0.15, 0.2) is 30.3 Å². The Balaban J connectivity index is 1.74. The number of rotatable bonds is 6. The molecule has 3 aromatic rings. The number of thiophene rings is 1. The van der Waals surface area contributed by atoms with Crippen LogP contribution < -0.4 is 5.32 Å². The number of nitrogens with zero attached hydrogens (tertiary/aromatic N) is 3. The highest BCUT2D eigenvalue weighted by Gasteiger charge is 2.20. The first kappa shape index (κ1) is 20.5. The van der Waals surface area contributed by atoms with Gasteiger partial charge in [0.2, 0.25) is 5.91 Å². The zero-order chi connectivity index (χ0) is 21.1. The molecule has 10 heteroatoms. The lowest BCUT2D eigenvalue weighted by molar-refractivity contribution is -0.137. The standard InChI is InChI=1S/C19H19FN4O4S/c1-11-14-8-15(19(27)28-10-17(26)23(3)9-16(25)21-2)29-18(14)24(22-11)13-6-4-12(20)5-7-13/h4-8H,9-10H2,1-3H3,(H,21,25). The van der Waals surface area contributed by atoms with Crippen LogP contribution in [0.4, 0.5) is 4.39 Å². The minimum Gasteiger partial charge on any atom is -0.451 e. The molecule has 0 aliphatic rings. The molecule has 2 aromatic heterocycles. The zero-order valence-corrected chi connectivity index (χ0v) is 16.9. The quantitative estimate of drug-likeness (QED) is 0.617. The number of aromatic nitrogens is 2. The number of fused-ring (bicyclic) bond motifs is 1. The maximum atomic E-state index is 13.2. The molecule has 0 aliphatic carbocycles. The Bertz CT molecular complexity index is 1070. The van der Waals surface area contributed by atoms with Gasteiger partial charge in [0.25, 0.3) is 5.91 Å². The minimum absolute atomic E-state index is 0.123. The second kappa shape index (κ2) is 8.39. The van der Waals surface area contributed by atoms with E-state index in [4.69, 9.17) is 4.74 Å². The van der Waals surface area contributed by atoms with Crippen LogP contribution in [0.25, 0.3) is 15.9 Å². The molecule has 2 heterocycles. The number of nitrogens with one attached hydrogen (secondary N) is 1.